The minimum atomic E-state index is -1.02. The predicted octanol–water partition coefficient (Wildman–Crippen LogP) is 1.87. The third-order valence-electron chi connectivity index (χ3n) is 3.28. The molecule has 2 unspecified atom stereocenters. The Bertz CT molecular complexity index is 536. The van der Waals surface area contributed by atoms with E-state index < -0.39 is 5.97 Å². The van der Waals surface area contributed by atoms with E-state index in [1.807, 2.05) is 13.8 Å². The number of rotatable bonds is 2. The van der Waals surface area contributed by atoms with Crippen molar-refractivity contribution in [2.24, 2.45) is 0 Å². The minimum absolute atomic E-state index is 0.0990. The zero-order valence-electron chi connectivity index (χ0n) is 11.0. The lowest BCUT2D eigenvalue weighted by atomic mass is 10.1. The van der Waals surface area contributed by atoms with Crippen molar-refractivity contribution in [1.82, 2.24) is 0 Å². The van der Waals surface area contributed by atoms with Crippen LogP contribution in [-0.4, -0.2) is 36.4 Å². The van der Waals surface area contributed by atoms with Crippen LogP contribution in [0.5, 0.6) is 0 Å². The largest absolute Gasteiger partial charge is 0.478 e. The molecule has 1 aromatic carbocycles. The van der Waals surface area contributed by atoms with Crippen molar-refractivity contribution in [2.45, 2.75) is 26.0 Å². The van der Waals surface area contributed by atoms with Crippen LogP contribution in [0.1, 0.15) is 29.8 Å². The van der Waals surface area contributed by atoms with E-state index in [1.54, 1.807) is 6.07 Å². The van der Waals surface area contributed by atoms with Crippen LogP contribution in [0.25, 0.3) is 0 Å². The van der Waals surface area contributed by atoms with Gasteiger partial charge in [-0.2, -0.15) is 5.26 Å². The lowest BCUT2D eigenvalue weighted by Crippen LogP contribution is -2.47. The van der Waals surface area contributed by atoms with Gasteiger partial charge in [-0.05, 0) is 32.0 Å². The Hall–Kier alpha value is -2.06. The summed E-state index contributed by atoms with van der Waals surface area (Å²) < 4.78 is 5.56. The van der Waals surface area contributed by atoms with E-state index in [9.17, 15) is 10.1 Å². The second kappa shape index (κ2) is 5.29. The van der Waals surface area contributed by atoms with Crippen molar-refractivity contribution in [1.29, 1.82) is 5.26 Å². The fraction of sp³-hybridized carbons (Fsp3) is 0.429. The zero-order chi connectivity index (χ0) is 14.0. The molecule has 0 radical (unpaired) electrons. The van der Waals surface area contributed by atoms with E-state index in [-0.39, 0.29) is 17.7 Å². The highest BCUT2D eigenvalue weighted by Gasteiger charge is 2.25. The average molecular weight is 260 g/mol. The normalized spacial score (nSPS) is 22.9. The molecule has 0 aliphatic carbocycles. The first-order valence-electron chi connectivity index (χ1n) is 6.18. The Morgan fingerprint density at radius 2 is 2.26 bits per heavy atom. The number of benzene rings is 1. The van der Waals surface area contributed by atoms with E-state index in [0.717, 1.165) is 5.69 Å². The number of ether oxygens (including phenoxy) is 1. The second-order valence-electron chi connectivity index (χ2n) is 4.79. The molecule has 100 valence electrons. The fourth-order valence-electron chi connectivity index (χ4n) is 2.25. The summed E-state index contributed by atoms with van der Waals surface area (Å²) >= 11 is 0. The number of carboxylic acid groups (broad SMARTS) is 1. The Morgan fingerprint density at radius 3 is 2.89 bits per heavy atom. The number of hydrogen-bond acceptors (Lipinski definition) is 4. The highest BCUT2D eigenvalue weighted by Crippen LogP contribution is 2.26. The second-order valence-corrected chi connectivity index (χ2v) is 4.79. The molecule has 0 bridgehead atoms. The van der Waals surface area contributed by atoms with Crippen molar-refractivity contribution >= 4 is 11.7 Å². The number of hydrogen-bond donors (Lipinski definition) is 1. The molecule has 0 amide bonds. The highest BCUT2D eigenvalue weighted by atomic mass is 16.5. The summed E-state index contributed by atoms with van der Waals surface area (Å²) in [6.45, 7) is 5.31. The molecule has 1 aromatic rings. The van der Waals surface area contributed by atoms with Crippen LogP contribution in [0.15, 0.2) is 18.2 Å². The van der Waals surface area contributed by atoms with Crippen molar-refractivity contribution in [2.75, 3.05) is 18.1 Å². The van der Waals surface area contributed by atoms with Gasteiger partial charge in [-0.25, -0.2) is 4.79 Å². The fourth-order valence-corrected chi connectivity index (χ4v) is 2.25. The van der Waals surface area contributed by atoms with Crippen LogP contribution in [0.2, 0.25) is 0 Å². The molecule has 0 spiro atoms. The highest BCUT2D eigenvalue weighted by molar-refractivity contribution is 5.89. The Labute approximate surface area is 112 Å². The Kier molecular flexibility index (Phi) is 3.72. The first-order valence-corrected chi connectivity index (χ1v) is 6.18. The Morgan fingerprint density at radius 1 is 1.53 bits per heavy atom. The molecule has 1 aliphatic rings. The monoisotopic (exact) mass is 260 g/mol. The lowest BCUT2D eigenvalue weighted by molar-refractivity contribution is 0.0343. The van der Waals surface area contributed by atoms with Crippen LogP contribution in [0.4, 0.5) is 5.69 Å². The molecule has 0 saturated carbocycles. The molecule has 0 aromatic heterocycles. The summed E-state index contributed by atoms with van der Waals surface area (Å²) in [5.74, 6) is -1.02. The van der Waals surface area contributed by atoms with E-state index in [1.165, 1.54) is 12.1 Å². The molecular weight excluding hydrogens is 244 g/mol. The average Bonchev–Trinajstić information content (AvgIpc) is 2.40. The van der Waals surface area contributed by atoms with Gasteiger partial charge in [0.2, 0.25) is 0 Å². The van der Waals surface area contributed by atoms with E-state index in [2.05, 4.69) is 11.0 Å². The van der Waals surface area contributed by atoms with Crippen molar-refractivity contribution in [3.8, 4) is 6.07 Å². The maximum absolute atomic E-state index is 10.9. The van der Waals surface area contributed by atoms with Crippen molar-refractivity contribution in [3.05, 3.63) is 29.3 Å². The molecule has 1 aliphatic heterocycles. The van der Waals surface area contributed by atoms with Crippen LogP contribution in [-0.2, 0) is 4.74 Å². The summed E-state index contributed by atoms with van der Waals surface area (Å²) in [6, 6.07) is 6.90. The van der Waals surface area contributed by atoms with Crippen LogP contribution in [0, 0.1) is 11.3 Å². The molecular formula is C14H16N2O3. The van der Waals surface area contributed by atoms with Gasteiger partial charge in [0.15, 0.2) is 0 Å². The first kappa shape index (κ1) is 13.4. The standard InChI is InChI=1S/C14H16N2O3/c1-9-8-19-10(2)7-16(9)13-4-3-11(14(17)18)5-12(13)6-15/h3-5,9-10H,7-8H2,1-2H3,(H,17,18). The van der Waals surface area contributed by atoms with Crippen molar-refractivity contribution < 1.29 is 14.6 Å². The van der Waals surface area contributed by atoms with E-state index >= 15 is 0 Å². The first-order chi connectivity index (χ1) is 9.02. The van der Waals surface area contributed by atoms with Crippen LogP contribution in [0.3, 0.4) is 0 Å². The molecule has 2 atom stereocenters. The smallest absolute Gasteiger partial charge is 0.335 e. The van der Waals surface area contributed by atoms with Gasteiger partial charge in [0.1, 0.15) is 6.07 Å². The van der Waals surface area contributed by atoms with Gasteiger partial charge >= 0.3 is 5.97 Å². The Balaban J connectivity index is 2.39. The molecule has 1 N–H and O–H groups in total. The topological polar surface area (TPSA) is 73.6 Å². The third-order valence-corrected chi connectivity index (χ3v) is 3.28. The number of carbonyl (C=O) groups is 1. The van der Waals surface area contributed by atoms with Crippen LogP contribution < -0.4 is 4.90 Å². The quantitative estimate of drug-likeness (QED) is 0.878. The van der Waals surface area contributed by atoms with Gasteiger partial charge in [0.05, 0.1) is 29.5 Å². The van der Waals surface area contributed by atoms with Gasteiger partial charge in [-0.15, -0.1) is 0 Å². The molecule has 2 rings (SSSR count). The molecule has 19 heavy (non-hydrogen) atoms. The molecule has 5 nitrogen and oxygen atoms in total. The predicted molar refractivity (Wildman–Crippen MR) is 70.3 cm³/mol. The number of nitrogens with zero attached hydrogens (tertiary/aromatic N) is 2. The molecule has 1 saturated heterocycles. The lowest BCUT2D eigenvalue weighted by Gasteiger charge is -2.38. The number of nitriles is 1. The summed E-state index contributed by atoms with van der Waals surface area (Å²) in [7, 11) is 0. The summed E-state index contributed by atoms with van der Waals surface area (Å²) in [5.41, 5.74) is 1.30. The maximum Gasteiger partial charge on any atom is 0.335 e. The SMILES string of the molecule is CC1CN(c2ccc(C(=O)O)cc2C#N)C(C)CO1. The molecule has 1 fully saturated rings. The number of morpholine rings is 1. The van der Waals surface area contributed by atoms with Gasteiger partial charge in [0.25, 0.3) is 0 Å². The number of aromatic carboxylic acids is 1. The van der Waals surface area contributed by atoms with Gasteiger partial charge < -0.3 is 14.7 Å². The summed E-state index contributed by atoms with van der Waals surface area (Å²) in [5, 5.41) is 18.2. The van der Waals surface area contributed by atoms with Gasteiger partial charge in [-0.1, -0.05) is 0 Å². The minimum Gasteiger partial charge on any atom is -0.478 e. The molecule has 1 heterocycles. The van der Waals surface area contributed by atoms with Gasteiger partial charge in [-0.3, -0.25) is 0 Å². The number of carboxylic acids is 1. The van der Waals surface area contributed by atoms with Crippen LogP contribution >= 0.6 is 0 Å². The zero-order valence-corrected chi connectivity index (χ0v) is 11.0. The third kappa shape index (κ3) is 2.69. The summed E-state index contributed by atoms with van der Waals surface area (Å²) in [6.07, 6.45) is 0.0990. The van der Waals surface area contributed by atoms with Crippen molar-refractivity contribution in [3.63, 3.8) is 0 Å². The molecule has 5 heteroatoms. The maximum atomic E-state index is 10.9. The van der Waals surface area contributed by atoms with Gasteiger partial charge in [0, 0.05) is 12.6 Å². The summed E-state index contributed by atoms with van der Waals surface area (Å²) in [4.78, 5) is 13.0. The van der Waals surface area contributed by atoms with E-state index in [0.29, 0.717) is 18.7 Å². The number of anilines is 1. The van der Waals surface area contributed by atoms with E-state index in [4.69, 9.17) is 9.84 Å².